The molecule has 1 aliphatic rings. The van der Waals surface area contributed by atoms with Crippen LogP contribution in [0.15, 0.2) is 114 Å². The van der Waals surface area contributed by atoms with E-state index in [0.717, 1.165) is 12.1 Å². The third-order valence-corrected chi connectivity index (χ3v) is 4.75. The number of rotatable bonds is 7. The van der Waals surface area contributed by atoms with Crippen LogP contribution in [0.2, 0.25) is 0 Å². The predicted molar refractivity (Wildman–Crippen MR) is 118 cm³/mol. The summed E-state index contributed by atoms with van der Waals surface area (Å²) in [7, 11) is 2.05. The van der Waals surface area contributed by atoms with Crippen molar-refractivity contribution in [3.8, 4) is 0 Å². The molecule has 0 saturated carbocycles. The molecule has 0 fully saturated rings. The minimum absolute atomic E-state index is 0.839. The van der Waals surface area contributed by atoms with Gasteiger partial charge in [-0.15, -0.1) is 0 Å². The van der Waals surface area contributed by atoms with Crippen LogP contribution in [0.4, 0.5) is 0 Å². The SMILES string of the molecule is C=CN/C=C(Cc1ccccc1)\C(=C/C)C1=CN(C)C(=C)C(C)=C1/C=C\C. The molecule has 0 atom stereocenters. The number of hydrogen-bond donors (Lipinski definition) is 1. The number of nitrogens with one attached hydrogen (secondary N) is 1. The van der Waals surface area contributed by atoms with Crippen LogP contribution in [0.5, 0.6) is 0 Å². The highest BCUT2D eigenvalue weighted by Gasteiger charge is 2.21. The van der Waals surface area contributed by atoms with Crippen molar-refractivity contribution in [2.45, 2.75) is 27.2 Å². The first-order valence-corrected chi connectivity index (χ1v) is 9.28. The van der Waals surface area contributed by atoms with E-state index in [1.165, 1.54) is 33.4 Å². The minimum atomic E-state index is 0.839. The van der Waals surface area contributed by atoms with Gasteiger partial charge in [-0.25, -0.2) is 0 Å². The van der Waals surface area contributed by atoms with Crippen LogP contribution in [-0.4, -0.2) is 11.9 Å². The molecular formula is C25H30N2. The number of allylic oxidation sites excluding steroid dienone is 8. The van der Waals surface area contributed by atoms with Crippen LogP contribution in [-0.2, 0) is 6.42 Å². The Hall–Kier alpha value is -3.00. The third kappa shape index (κ3) is 4.79. The summed E-state index contributed by atoms with van der Waals surface area (Å²) in [5, 5.41) is 3.17. The van der Waals surface area contributed by atoms with Crippen molar-refractivity contribution < 1.29 is 0 Å². The van der Waals surface area contributed by atoms with Crippen LogP contribution in [0.1, 0.15) is 26.3 Å². The number of nitrogens with zero attached hydrogens (tertiary/aromatic N) is 1. The maximum absolute atomic E-state index is 4.22. The van der Waals surface area contributed by atoms with Crippen LogP contribution in [0, 0.1) is 0 Å². The van der Waals surface area contributed by atoms with Crippen LogP contribution in [0.3, 0.4) is 0 Å². The highest BCUT2D eigenvalue weighted by atomic mass is 15.1. The molecule has 0 aromatic heterocycles. The van der Waals surface area contributed by atoms with Gasteiger partial charge in [0.05, 0.1) is 0 Å². The lowest BCUT2D eigenvalue weighted by atomic mass is 9.85. The normalized spacial score (nSPS) is 16.1. The average Bonchev–Trinajstić information content (AvgIpc) is 2.68. The molecule has 1 aromatic rings. The molecule has 0 spiro atoms. The molecule has 0 bridgehead atoms. The standard InChI is InChI=1S/C25H30N2/c1-7-13-24-19(4)20(5)27(6)18-25(24)23(8-2)22(17-26-9-3)16-21-14-11-10-12-15-21/h7-15,17-18,26H,3,5,16H2,1-2,4,6H3/b13-7-,22-17-,23-8+. The van der Waals surface area contributed by atoms with Crippen molar-refractivity contribution in [3.63, 3.8) is 0 Å². The Labute approximate surface area is 164 Å². The Morgan fingerprint density at radius 2 is 1.89 bits per heavy atom. The van der Waals surface area contributed by atoms with E-state index < -0.39 is 0 Å². The summed E-state index contributed by atoms with van der Waals surface area (Å²) in [6.45, 7) is 14.3. The molecule has 140 valence electrons. The zero-order valence-corrected chi connectivity index (χ0v) is 16.9. The van der Waals surface area contributed by atoms with E-state index in [9.17, 15) is 0 Å². The summed E-state index contributed by atoms with van der Waals surface area (Å²) < 4.78 is 0. The van der Waals surface area contributed by atoms with Crippen LogP contribution in [0.25, 0.3) is 0 Å². The summed E-state index contributed by atoms with van der Waals surface area (Å²) in [6.07, 6.45) is 13.2. The van der Waals surface area contributed by atoms with Gasteiger partial charge in [0.2, 0.25) is 0 Å². The maximum atomic E-state index is 4.22. The second kappa shape index (κ2) is 9.63. The predicted octanol–water partition coefficient (Wildman–Crippen LogP) is 6.03. The first-order chi connectivity index (χ1) is 13.0. The van der Waals surface area contributed by atoms with Gasteiger partial charge in [-0.2, -0.15) is 0 Å². The smallest absolute Gasteiger partial charge is 0.0366 e. The van der Waals surface area contributed by atoms with E-state index in [1.54, 1.807) is 6.20 Å². The fourth-order valence-corrected chi connectivity index (χ4v) is 3.27. The van der Waals surface area contributed by atoms with Gasteiger partial charge in [0.1, 0.15) is 0 Å². The Morgan fingerprint density at radius 1 is 1.19 bits per heavy atom. The molecule has 2 nitrogen and oxygen atoms in total. The molecule has 0 saturated heterocycles. The molecular weight excluding hydrogens is 328 g/mol. The zero-order chi connectivity index (χ0) is 19.8. The number of benzene rings is 1. The summed E-state index contributed by atoms with van der Waals surface area (Å²) in [4.78, 5) is 2.10. The lowest BCUT2D eigenvalue weighted by Crippen LogP contribution is -2.19. The quantitative estimate of drug-likeness (QED) is 0.599. The number of hydrogen-bond acceptors (Lipinski definition) is 2. The van der Waals surface area contributed by atoms with Gasteiger partial charge in [-0.1, -0.05) is 61.7 Å². The maximum Gasteiger partial charge on any atom is 0.0366 e. The fraction of sp³-hybridized carbons (Fsp3) is 0.200. The topological polar surface area (TPSA) is 15.3 Å². The largest absolute Gasteiger partial charge is 0.368 e. The molecule has 0 radical (unpaired) electrons. The monoisotopic (exact) mass is 358 g/mol. The molecule has 1 aromatic carbocycles. The van der Waals surface area contributed by atoms with Crippen molar-refractivity contribution in [2.24, 2.45) is 0 Å². The fourth-order valence-electron chi connectivity index (χ4n) is 3.27. The molecule has 27 heavy (non-hydrogen) atoms. The Morgan fingerprint density at radius 3 is 2.48 bits per heavy atom. The zero-order valence-electron chi connectivity index (χ0n) is 16.9. The van der Waals surface area contributed by atoms with E-state index >= 15 is 0 Å². The van der Waals surface area contributed by atoms with Gasteiger partial charge >= 0.3 is 0 Å². The first kappa shape index (κ1) is 20.3. The van der Waals surface area contributed by atoms with Crippen molar-refractivity contribution in [1.82, 2.24) is 10.2 Å². The molecule has 2 heteroatoms. The van der Waals surface area contributed by atoms with E-state index in [-0.39, 0.29) is 0 Å². The summed E-state index contributed by atoms with van der Waals surface area (Å²) in [5.41, 5.74) is 8.34. The average molecular weight is 359 g/mol. The van der Waals surface area contributed by atoms with Gasteiger partial charge < -0.3 is 10.2 Å². The van der Waals surface area contributed by atoms with Gasteiger partial charge in [0, 0.05) is 30.7 Å². The molecule has 1 heterocycles. The van der Waals surface area contributed by atoms with E-state index in [2.05, 4.69) is 85.9 Å². The van der Waals surface area contributed by atoms with Gasteiger partial charge in [0.15, 0.2) is 0 Å². The summed E-state index contributed by atoms with van der Waals surface area (Å²) in [6, 6.07) is 10.5. The lowest BCUT2D eigenvalue weighted by Gasteiger charge is -2.30. The Kier molecular flexibility index (Phi) is 7.25. The first-order valence-electron chi connectivity index (χ1n) is 9.28. The molecule has 0 unspecified atom stereocenters. The molecule has 1 aliphatic heterocycles. The summed E-state index contributed by atoms with van der Waals surface area (Å²) >= 11 is 0. The van der Waals surface area contributed by atoms with Crippen molar-refractivity contribution in [3.05, 3.63) is 119 Å². The molecule has 0 aliphatic carbocycles. The Balaban J connectivity index is 2.54. The van der Waals surface area contributed by atoms with Gasteiger partial charge in [-0.3, -0.25) is 0 Å². The third-order valence-electron chi connectivity index (χ3n) is 4.75. The van der Waals surface area contributed by atoms with E-state index in [1.807, 2.05) is 26.2 Å². The van der Waals surface area contributed by atoms with Crippen LogP contribution >= 0.6 is 0 Å². The van der Waals surface area contributed by atoms with Gasteiger partial charge in [-0.05, 0) is 61.2 Å². The van der Waals surface area contributed by atoms with Crippen molar-refractivity contribution in [1.29, 1.82) is 0 Å². The highest BCUT2D eigenvalue weighted by molar-refractivity contribution is 5.64. The second-order valence-electron chi connectivity index (χ2n) is 6.54. The molecule has 2 rings (SSSR count). The Bertz CT molecular complexity index is 846. The highest BCUT2D eigenvalue weighted by Crippen LogP contribution is 2.36. The second-order valence-corrected chi connectivity index (χ2v) is 6.54. The molecule has 0 amide bonds. The van der Waals surface area contributed by atoms with Crippen LogP contribution < -0.4 is 5.32 Å². The summed E-state index contributed by atoms with van der Waals surface area (Å²) in [5.74, 6) is 0. The minimum Gasteiger partial charge on any atom is -0.368 e. The van der Waals surface area contributed by atoms with Crippen molar-refractivity contribution >= 4 is 0 Å². The van der Waals surface area contributed by atoms with E-state index in [4.69, 9.17) is 0 Å². The lowest BCUT2D eigenvalue weighted by molar-refractivity contribution is 0.568. The van der Waals surface area contributed by atoms with Gasteiger partial charge in [0.25, 0.3) is 0 Å². The molecule has 1 N–H and O–H groups in total. The number of likely N-dealkylation sites (N-methyl/N-ethyl adjacent to an activating group) is 1. The van der Waals surface area contributed by atoms with E-state index in [0.29, 0.717) is 0 Å². The van der Waals surface area contributed by atoms with Crippen molar-refractivity contribution in [2.75, 3.05) is 7.05 Å².